The first-order chi connectivity index (χ1) is 15.0. The van der Waals surface area contributed by atoms with E-state index < -0.39 is 21.9 Å². The van der Waals surface area contributed by atoms with E-state index in [4.69, 9.17) is 4.74 Å². The molecule has 1 atom stereocenters. The van der Waals surface area contributed by atoms with Crippen molar-refractivity contribution in [2.75, 3.05) is 24.7 Å². The highest BCUT2D eigenvalue weighted by molar-refractivity contribution is 7.88. The number of amides is 2. The van der Waals surface area contributed by atoms with E-state index in [2.05, 4.69) is 15.6 Å². The number of aromatic amines is 1. The number of hydrogen-bond acceptors (Lipinski definition) is 5. The number of nitrogens with zero attached hydrogens (tertiary/aromatic N) is 1. The van der Waals surface area contributed by atoms with Gasteiger partial charge in [-0.25, -0.2) is 21.9 Å². The van der Waals surface area contributed by atoms with Gasteiger partial charge in [-0.1, -0.05) is 0 Å². The van der Waals surface area contributed by atoms with Crippen molar-refractivity contribution in [3.8, 4) is 5.75 Å². The Labute approximate surface area is 184 Å². The maximum Gasteiger partial charge on any atom is 0.412 e. The highest BCUT2D eigenvalue weighted by atomic mass is 32.2. The lowest BCUT2D eigenvalue weighted by atomic mass is 10.0. The van der Waals surface area contributed by atoms with Gasteiger partial charge in [-0.15, -0.1) is 0 Å². The number of carbonyl (C=O) groups is 2. The number of sulfonamides is 1. The summed E-state index contributed by atoms with van der Waals surface area (Å²) < 4.78 is 43.7. The molecule has 0 saturated carbocycles. The predicted molar refractivity (Wildman–Crippen MR) is 117 cm³/mol. The molecule has 2 aliphatic rings. The minimum Gasteiger partial charge on any atom is -0.408 e. The molecule has 170 valence electrons. The average molecular weight is 463 g/mol. The van der Waals surface area contributed by atoms with Crippen LogP contribution < -0.4 is 15.4 Å². The zero-order valence-corrected chi connectivity index (χ0v) is 18.6. The molecule has 1 aromatic carbocycles. The van der Waals surface area contributed by atoms with Gasteiger partial charge in [0.25, 0.3) is 5.91 Å². The molecule has 1 saturated heterocycles. The van der Waals surface area contributed by atoms with Gasteiger partial charge in [0, 0.05) is 41.6 Å². The maximum absolute atomic E-state index is 13.7. The third-order valence-electron chi connectivity index (χ3n) is 5.60. The molecule has 0 bridgehead atoms. The number of halogens is 1. The summed E-state index contributed by atoms with van der Waals surface area (Å²) in [6, 6.07) is 3.72. The molecule has 0 aliphatic carbocycles. The molecular formula is C21H23FN4O5S. The van der Waals surface area contributed by atoms with Crippen molar-refractivity contribution in [2.45, 2.75) is 26.3 Å². The summed E-state index contributed by atoms with van der Waals surface area (Å²) in [5.41, 5.74) is 3.01. The minimum absolute atomic E-state index is 0.196. The highest BCUT2D eigenvalue weighted by Crippen LogP contribution is 2.35. The SMILES string of the molecule is Cc1[nH]c(/C=C2\C(=O)Nc3ccc(F)cc32)c(C)c1OC(=O)N[C@H]1CCN(S(C)(=O)=O)C1. The standard InChI is InChI=1S/C21H23FN4O5S/c1-11-18(9-16-15-8-13(22)4-5-17(15)25-20(16)27)23-12(2)19(11)31-21(28)24-14-6-7-26(10-14)32(3,29)30/h4-5,8-9,14,23H,6-7,10H2,1-3H3,(H,24,28)(H,25,27)/b16-9-/t14-/m0/s1. The Morgan fingerprint density at radius 2 is 2.09 bits per heavy atom. The van der Waals surface area contributed by atoms with Crippen LogP contribution in [0.15, 0.2) is 18.2 Å². The topological polar surface area (TPSA) is 121 Å². The van der Waals surface area contributed by atoms with Crippen LogP contribution in [0.5, 0.6) is 5.75 Å². The quantitative estimate of drug-likeness (QED) is 0.603. The van der Waals surface area contributed by atoms with Crippen LogP contribution in [0.4, 0.5) is 14.9 Å². The van der Waals surface area contributed by atoms with E-state index in [1.807, 2.05) is 0 Å². The molecule has 1 aromatic heterocycles. The number of benzene rings is 1. The first-order valence-corrected chi connectivity index (χ1v) is 11.8. The van der Waals surface area contributed by atoms with Gasteiger partial charge in [0.15, 0.2) is 5.75 Å². The van der Waals surface area contributed by atoms with Gasteiger partial charge in [0.2, 0.25) is 10.0 Å². The summed E-state index contributed by atoms with van der Waals surface area (Å²) >= 11 is 0. The number of nitrogens with one attached hydrogen (secondary N) is 3. The molecule has 2 amide bonds. The zero-order chi connectivity index (χ0) is 23.2. The van der Waals surface area contributed by atoms with Gasteiger partial charge < -0.3 is 20.4 Å². The van der Waals surface area contributed by atoms with Gasteiger partial charge in [0.1, 0.15) is 5.82 Å². The van der Waals surface area contributed by atoms with Crippen molar-refractivity contribution in [1.82, 2.24) is 14.6 Å². The third kappa shape index (κ3) is 4.26. The van der Waals surface area contributed by atoms with Crippen molar-refractivity contribution in [2.24, 2.45) is 0 Å². The molecule has 2 aliphatic heterocycles. The second-order valence-corrected chi connectivity index (χ2v) is 9.94. The van der Waals surface area contributed by atoms with E-state index in [1.54, 1.807) is 19.9 Å². The first kappa shape index (κ1) is 22.0. The molecule has 11 heteroatoms. The second kappa shape index (κ2) is 8.06. The Morgan fingerprint density at radius 1 is 1.34 bits per heavy atom. The molecule has 3 N–H and O–H groups in total. The molecule has 4 rings (SSSR count). The van der Waals surface area contributed by atoms with Gasteiger partial charge in [-0.05, 0) is 44.5 Å². The molecule has 9 nitrogen and oxygen atoms in total. The van der Waals surface area contributed by atoms with E-state index in [0.717, 1.165) is 6.26 Å². The van der Waals surface area contributed by atoms with Crippen LogP contribution in [0.2, 0.25) is 0 Å². The van der Waals surface area contributed by atoms with Crippen molar-refractivity contribution >= 4 is 39.4 Å². The summed E-state index contributed by atoms with van der Waals surface area (Å²) in [6.45, 7) is 4.00. The largest absolute Gasteiger partial charge is 0.412 e. The Bertz CT molecular complexity index is 1250. The summed E-state index contributed by atoms with van der Waals surface area (Å²) in [6.07, 6.45) is 2.53. The number of H-pyrrole nitrogens is 1. The number of carbonyl (C=O) groups excluding carboxylic acids is 2. The van der Waals surface area contributed by atoms with Crippen LogP contribution in [-0.2, 0) is 14.8 Å². The number of hydrogen-bond donors (Lipinski definition) is 3. The fourth-order valence-electron chi connectivity index (χ4n) is 3.94. The lowest BCUT2D eigenvalue weighted by Crippen LogP contribution is -2.39. The van der Waals surface area contributed by atoms with E-state index >= 15 is 0 Å². The molecule has 0 unspecified atom stereocenters. The van der Waals surface area contributed by atoms with Gasteiger partial charge >= 0.3 is 6.09 Å². The Kier molecular flexibility index (Phi) is 5.55. The monoisotopic (exact) mass is 462 g/mol. The minimum atomic E-state index is -3.31. The first-order valence-electron chi connectivity index (χ1n) is 9.98. The fraction of sp³-hybridized carbons (Fsp3) is 0.333. The van der Waals surface area contributed by atoms with Crippen molar-refractivity contribution in [1.29, 1.82) is 0 Å². The van der Waals surface area contributed by atoms with E-state index in [1.165, 1.54) is 22.5 Å². The van der Waals surface area contributed by atoms with Crippen molar-refractivity contribution in [3.05, 3.63) is 46.5 Å². The Balaban J connectivity index is 1.51. The third-order valence-corrected chi connectivity index (χ3v) is 6.87. The summed E-state index contributed by atoms with van der Waals surface area (Å²) in [7, 11) is -3.31. The van der Waals surface area contributed by atoms with Crippen LogP contribution >= 0.6 is 0 Å². The number of anilines is 1. The molecule has 3 heterocycles. The lowest BCUT2D eigenvalue weighted by molar-refractivity contribution is -0.110. The Morgan fingerprint density at radius 3 is 2.78 bits per heavy atom. The van der Waals surface area contributed by atoms with E-state index in [-0.39, 0.29) is 18.5 Å². The molecule has 0 radical (unpaired) electrons. The number of aromatic nitrogens is 1. The average Bonchev–Trinajstić information content (AvgIpc) is 3.36. The van der Waals surface area contributed by atoms with Crippen molar-refractivity contribution in [3.63, 3.8) is 0 Å². The van der Waals surface area contributed by atoms with Crippen LogP contribution in [-0.4, -0.2) is 55.1 Å². The number of ether oxygens (including phenoxy) is 1. The van der Waals surface area contributed by atoms with Gasteiger partial charge in [0.05, 0.1) is 17.5 Å². The lowest BCUT2D eigenvalue weighted by Gasteiger charge is -2.14. The van der Waals surface area contributed by atoms with Crippen molar-refractivity contribution < 1.29 is 27.1 Å². The second-order valence-electron chi connectivity index (χ2n) is 7.96. The number of fused-ring (bicyclic) bond motifs is 1. The molecule has 32 heavy (non-hydrogen) atoms. The van der Waals surface area contributed by atoms with Gasteiger partial charge in [-0.3, -0.25) is 4.79 Å². The number of rotatable bonds is 4. The number of aryl methyl sites for hydroxylation is 1. The summed E-state index contributed by atoms with van der Waals surface area (Å²) in [5, 5.41) is 5.38. The normalized spacial score (nSPS) is 19.8. The summed E-state index contributed by atoms with van der Waals surface area (Å²) in [5.74, 6) is -0.494. The molecule has 1 fully saturated rings. The maximum atomic E-state index is 13.7. The van der Waals surface area contributed by atoms with Crippen LogP contribution in [0.3, 0.4) is 0 Å². The smallest absolute Gasteiger partial charge is 0.408 e. The van der Waals surface area contributed by atoms with Crippen LogP contribution in [0, 0.1) is 19.7 Å². The van der Waals surface area contributed by atoms with Crippen LogP contribution in [0.1, 0.15) is 28.9 Å². The predicted octanol–water partition coefficient (Wildman–Crippen LogP) is 2.39. The Hall–Kier alpha value is -3.18. The van der Waals surface area contributed by atoms with E-state index in [9.17, 15) is 22.4 Å². The van der Waals surface area contributed by atoms with E-state index in [0.29, 0.717) is 52.5 Å². The van der Waals surface area contributed by atoms with Gasteiger partial charge in [-0.2, -0.15) is 0 Å². The molecule has 2 aromatic rings. The summed E-state index contributed by atoms with van der Waals surface area (Å²) in [4.78, 5) is 27.8. The zero-order valence-electron chi connectivity index (χ0n) is 17.8. The molecular weight excluding hydrogens is 439 g/mol. The van der Waals surface area contributed by atoms with Crippen LogP contribution in [0.25, 0.3) is 11.6 Å². The fourth-order valence-corrected chi connectivity index (χ4v) is 4.83. The molecule has 0 spiro atoms. The highest BCUT2D eigenvalue weighted by Gasteiger charge is 2.30.